The van der Waals surface area contributed by atoms with Gasteiger partial charge in [-0.15, -0.1) is 0 Å². The summed E-state index contributed by atoms with van der Waals surface area (Å²) in [6.07, 6.45) is 1.72. The van der Waals surface area contributed by atoms with Crippen molar-refractivity contribution in [2.45, 2.75) is 12.6 Å². The Balaban J connectivity index is 1.81. The molecule has 2 rings (SSSR count). The maximum Gasteiger partial charge on any atom is 0.238 e. The van der Waals surface area contributed by atoms with Gasteiger partial charge in [-0.2, -0.15) is 5.10 Å². The molecule has 0 aliphatic carbocycles. The average molecular weight is 223 g/mol. The maximum absolute atomic E-state index is 11.8. The molecule has 6 nitrogen and oxygen atoms in total. The van der Waals surface area contributed by atoms with E-state index >= 15 is 0 Å². The largest absolute Gasteiger partial charge is 0.349 e. The molecule has 1 aliphatic rings. The molecule has 0 saturated carbocycles. The number of aryl methyl sites for hydroxylation is 1. The van der Waals surface area contributed by atoms with Gasteiger partial charge in [0.2, 0.25) is 5.91 Å². The van der Waals surface area contributed by atoms with Crippen molar-refractivity contribution in [1.82, 2.24) is 25.7 Å². The monoisotopic (exact) mass is 223 g/mol. The Morgan fingerprint density at radius 2 is 2.56 bits per heavy atom. The number of hydrogen-bond donors (Lipinski definition) is 3. The fourth-order valence-corrected chi connectivity index (χ4v) is 1.71. The highest BCUT2D eigenvalue weighted by Crippen LogP contribution is 1.96. The van der Waals surface area contributed by atoms with Crippen molar-refractivity contribution < 1.29 is 4.79 Å². The maximum atomic E-state index is 11.8. The van der Waals surface area contributed by atoms with Crippen LogP contribution >= 0.6 is 0 Å². The van der Waals surface area contributed by atoms with Crippen molar-refractivity contribution in [3.8, 4) is 0 Å². The Morgan fingerprint density at radius 3 is 3.19 bits per heavy atom. The number of rotatable bonds is 3. The zero-order valence-electron chi connectivity index (χ0n) is 9.36. The smallest absolute Gasteiger partial charge is 0.238 e. The molecular formula is C10H17N5O. The molecular weight excluding hydrogens is 206 g/mol. The summed E-state index contributed by atoms with van der Waals surface area (Å²) >= 11 is 0. The van der Waals surface area contributed by atoms with Crippen LogP contribution < -0.4 is 16.0 Å². The molecule has 0 aromatic carbocycles. The molecule has 1 aromatic heterocycles. The van der Waals surface area contributed by atoms with E-state index in [1.54, 1.807) is 10.9 Å². The molecule has 6 heteroatoms. The lowest BCUT2D eigenvalue weighted by Crippen LogP contribution is -2.55. The Hall–Kier alpha value is -1.40. The van der Waals surface area contributed by atoms with Crippen molar-refractivity contribution in [2.24, 2.45) is 7.05 Å². The molecule has 0 radical (unpaired) electrons. The van der Waals surface area contributed by atoms with E-state index in [2.05, 4.69) is 21.0 Å². The molecule has 1 amide bonds. The molecule has 1 fully saturated rings. The molecule has 1 atom stereocenters. The summed E-state index contributed by atoms with van der Waals surface area (Å²) in [5.41, 5.74) is 0.997. The molecule has 1 aliphatic heterocycles. The van der Waals surface area contributed by atoms with E-state index in [1.807, 2.05) is 13.1 Å². The van der Waals surface area contributed by atoms with Gasteiger partial charge in [0.1, 0.15) is 0 Å². The third kappa shape index (κ3) is 2.59. The second-order valence-corrected chi connectivity index (χ2v) is 3.87. The molecule has 3 N–H and O–H groups in total. The summed E-state index contributed by atoms with van der Waals surface area (Å²) in [7, 11) is 1.86. The van der Waals surface area contributed by atoms with Crippen LogP contribution in [-0.4, -0.2) is 41.4 Å². The minimum absolute atomic E-state index is 0.0356. The van der Waals surface area contributed by atoms with Gasteiger partial charge in [-0.25, -0.2) is 0 Å². The lowest BCUT2D eigenvalue weighted by atomic mass is 10.2. The average Bonchev–Trinajstić information content (AvgIpc) is 2.73. The summed E-state index contributed by atoms with van der Waals surface area (Å²) in [5, 5.41) is 13.3. The van der Waals surface area contributed by atoms with Gasteiger partial charge in [-0.3, -0.25) is 9.48 Å². The fraction of sp³-hybridized carbons (Fsp3) is 0.600. The zero-order valence-corrected chi connectivity index (χ0v) is 9.36. The second-order valence-electron chi connectivity index (χ2n) is 3.87. The molecule has 2 heterocycles. The van der Waals surface area contributed by atoms with Crippen molar-refractivity contribution in [3.63, 3.8) is 0 Å². The van der Waals surface area contributed by atoms with Crippen LogP contribution in [0.1, 0.15) is 5.69 Å². The van der Waals surface area contributed by atoms with E-state index in [-0.39, 0.29) is 11.9 Å². The van der Waals surface area contributed by atoms with Crippen LogP contribution in [0.2, 0.25) is 0 Å². The van der Waals surface area contributed by atoms with Crippen LogP contribution in [0.15, 0.2) is 12.3 Å². The highest BCUT2D eigenvalue weighted by Gasteiger charge is 2.19. The number of piperazine rings is 1. The first-order valence-corrected chi connectivity index (χ1v) is 5.46. The van der Waals surface area contributed by atoms with E-state index < -0.39 is 0 Å². The SMILES string of the molecule is Cn1nccc1CNC(=O)C1CNCCN1. The van der Waals surface area contributed by atoms with Gasteiger partial charge in [0, 0.05) is 32.9 Å². The zero-order chi connectivity index (χ0) is 11.4. The van der Waals surface area contributed by atoms with Gasteiger partial charge in [-0.05, 0) is 6.07 Å². The third-order valence-electron chi connectivity index (χ3n) is 2.72. The second kappa shape index (κ2) is 5.09. The van der Waals surface area contributed by atoms with Crippen LogP contribution in [0.3, 0.4) is 0 Å². The number of nitrogens with zero attached hydrogens (tertiary/aromatic N) is 2. The standard InChI is InChI=1S/C10H17N5O/c1-15-8(2-3-14-15)6-13-10(16)9-7-11-4-5-12-9/h2-3,9,11-12H,4-7H2,1H3,(H,13,16). The number of aromatic nitrogens is 2. The molecule has 1 saturated heterocycles. The first kappa shape index (κ1) is 11.1. The van der Waals surface area contributed by atoms with Gasteiger partial charge in [0.15, 0.2) is 0 Å². The van der Waals surface area contributed by atoms with Gasteiger partial charge < -0.3 is 16.0 Å². The van der Waals surface area contributed by atoms with E-state index in [1.165, 1.54) is 0 Å². The van der Waals surface area contributed by atoms with Crippen LogP contribution in [0.4, 0.5) is 0 Å². The van der Waals surface area contributed by atoms with Crippen LogP contribution in [0.5, 0.6) is 0 Å². The van der Waals surface area contributed by atoms with Crippen LogP contribution in [-0.2, 0) is 18.4 Å². The normalized spacial score (nSPS) is 20.7. The highest BCUT2D eigenvalue weighted by molar-refractivity contribution is 5.82. The van der Waals surface area contributed by atoms with Crippen LogP contribution in [0, 0.1) is 0 Å². The molecule has 0 spiro atoms. The van der Waals surface area contributed by atoms with Gasteiger partial charge in [0.25, 0.3) is 0 Å². The molecule has 88 valence electrons. The molecule has 0 bridgehead atoms. The first-order valence-electron chi connectivity index (χ1n) is 5.46. The highest BCUT2D eigenvalue weighted by atomic mass is 16.2. The summed E-state index contributed by atoms with van der Waals surface area (Å²) in [6, 6.07) is 1.77. The molecule has 1 aromatic rings. The summed E-state index contributed by atoms with van der Waals surface area (Å²) < 4.78 is 1.76. The predicted molar refractivity (Wildman–Crippen MR) is 59.7 cm³/mol. The summed E-state index contributed by atoms with van der Waals surface area (Å²) in [5.74, 6) is 0.0356. The topological polar surface area (TPSA) is 71.0 Å². The van der Waals surface area contributed by atoms with E-state index in [0.29, 0.717) is 13.1 Å². The van der Waals surface area contributed by atoms with E-state index in [4.69, 9.17) is 0 Å². The molecule has 16 heavy (non-hydrogen) atoms. The number of carbonyl (C=O) groups is 1. The van der Waals surface area contributed by atoms with E-state index in [0.717, 1.165) is 18.8 Å². The van der Waals surface area contributed by atoms with Gasteiger partial charge in [-0.1, -0.05) is 0 Å². The van der Waals surface area contributed by atoms with Crippen molar-refractivity contribution >= 4 is 5.91 Å². The van der Waals surface area contributed by atoms with Crippen molar-refractivity contribution in [2.75, 3.05) is 19.6 Å². The predicted octanol–water partition coefficient (Wildman–Crippen LogP) is -1.40. The van der Waals surface area contributed by atoms with Gasteiger partial charge >= 0.3 is 0 Å². The number of amides is 1. The summed E-state index contributed by atoms with van der Waals surface area (Å²) in [4.78, 5) is 11.8. The number of nitrogens with one attached hydrogen (secondary N) is 3. The Labute approximate surface area is 94.4 Å². The fourth-order valence-electron chi connectivity index (χ4n) is 1.71. The lowest BCUT2D eigenvalue weighted by molar-refractivity contribution is -0.123. The number of hydrogen-bond acceptors (Lipinski definition) is 4. The quantitative estimate of drug-likeness (QED) is 0.589. The minimum atomic E-state index is -0.123. The van der Waals surface area contributed by atoms with Crippen molar-refractivity contribution in [1.29, 1.82) is 0 Å². The lowest BCUT2D eigenvalue weighted by Gasteiger charge is -2.23. The Bertz CT molecular complexity index is 356. The Morgan fingerprint density at radius 1 is 1.69 bits per heavy atom. The number of carbonyl (C=O) groups excluding carboxylic acids is 1. The van der Waals surface area contributed by atoms with Crippen molar-refractivity contribution in [3.05, 3.63) is 18.0 Å². The first-order chi connectivity index (χ1) is 7.77. The summed E-state index contributed by atoms with van der Waals surface area (Å²) in [6.45, 7) is 2.97. The Kier molecular flexibility index (Phi) is 3.53. The molecule has 1 unspecified atom stereocenters. The van der Waals surface area contributed by atoms with E-state index in [9.17, 15) is 4.79 Å². The van der Waals surface area contributed by atoms with Crippen LogP contribution in [0.25, 0.3) is 0 Å². The minimum Gasteiger partial charge on any atom is -0.349 e. The van der Waals surface area contributed by atoms with Gasteiger partial charge in [0.05, 0.1) is 18.3 Å². The third-order valence-corrected chi connectivity index (χ3v) is 2.72.